The van der Waals surface area contributed by atoms with Gasteiger partial charge >= 0.3 is 0 Å². The van der Waals surface area contributed by atoms with Crippen LogP contribution in [0.25, 0.3) is 33.3 Å². The maximum atomic E-state index is 9.27. The van der Waals surface area contributed by atoms with Crippen molar-refractivity contribution in [3.8, 4) is 28.3 Å². The number of nitrogens with zero attached hydrogens (tertiary/aromatic N) is 6. The van der Waals surface area contributed by atoms with Crippen LogP contribution >= 0.6 is 0 Å². The van der Waals surface area contributed by atoms with Gasteiger partial charge in [-0.2, -0.15) is 5.26 Å². The number of rotatable bonds is 5. The van der Waals surface area contributed by atoms with E-state index in [4.69, 9.17) is 19.5 Å². The molecule has 0 radical (unpaired) electrons. The quantitative estimate of drug-likeness (QED) is 0.287. The molecular weight excluding hydrogens is 460 g/mol. The molecule has 0 fully saturated rings. The maximum absolute atomic E-state index is 9.27. The Balaban J connectivity index is 1.65. The first-order chi connectivity index (χ1) is 18.1. The average Bonchev–Trinajstić information content (AvgIpc) is 3.49. The van der Waals surface area contributed by atoms with Gasteiger partial charge in [0.05, 0.1) is 39.7 Å². The molecule has 5 heterocycles. The molecule has 37 heavy (non-hydrogen) atoms. The summed E-state index contributed by atoms with van der Waals surface area (Å²) in [5, 5.41) is 13.4. The third-order valence-corrected chi connectivity index (χ3v) is 6.53. The van der Waals surface area contributed by atoms with Crippen LogP contribution in [0.15, 0.2) is 96.0 Å². The zero-order chi connectivity index (χ0) is 25.4. The van der Waals surface area contributed by atoms with Gasteiger partial charge in [-0.3, -0.25) is 15.0 Å². The largest absolute Gasteiger partial charge is 0.361 e. The summed E-state index contributed by atoms with van der Waals surface area (Å²) in [6.45, 7) is 3.84. The number of aromatic nitrogens is 5. The lowest BCUT2D eigenvalue weighted by Crippen LogP contribution is -2.14. The van der Waals surface area contributed by atoms with Gasteiger partial charge in [-0.25, -0.2) is 0 Å². The van der Waals surface area contributed by atoms with Gasteiger partial charge in [-0.15, -0.1) is 0 Å². The first-order valence-electron chi connectivity index (χ1n) is 11.9. The molecule has 0 saturated carbocycles. The van der Waals surface area contributed by atoms with E-state index in [0.29, 0.717) is 5.56 Å². The molecule has 0 bridgehead atoms. The smallest absolute Gasteiger partial charge is 0.141 e. The molecule has 0 aliphatic rings. The fourth-order valence-corrected chi connectivity index (χ4v) is 4.82. The van der Waals surface area contributed by atoms with Gasteiger partial charge in [-0.05, 0) is 61.9 Å². The van der Waals surface area contributed by atoms with Crippen molar-refractivity contribution in [2.75, 3.05) is 0 Å². The van der Waals surface area contributed by atoms with Crippen molar-refractivity contribution >= 4 is 11.0 Å². The molecule has 0 unspecified atom stereocenters. The molecule has 0 spiro atoms. The second kappa shape index (κ2) is 9.17. The first kappa shape index (κ1) is 22.4. The van der Waals surface area contributed by atoms with Crippen molar-refractivity contribution in [2.24, 2.45) is 0 Å². The zero-order valence-corrected chi connectivity index (χ0v) is 20.3. The summed E-state index contributed by atoms with van der Waals surface area (Å²) in [6, 6.07) is 23.4. The van der Waals surface area contributed by atoms with Crippen LogP contribution in [0.5, 0.6) is 0 Å². The lowest BCUT2D eigenvalue weighted by molar-refractivity contribution is 0.393. The summed E-state index contributed by atoms with van der Waals surface area (Å²) in [5.41, 5.74) is 8.73. The van der Waals surface area contributed by atoms with E-state index < -0.39 is 0 Å². The highest BCUT2D eigenvalue weighted by Crippen LogP contribution is 2.37. The third kappa shape index (κ3) is 3.95. The average molecular weight is 483 g/mol. The molecule has 6 rings (SSSR count). The van der Waals surface area contributed by atoms with Gasteiger partial charge in [0.1, 0.15) is 11.8 Å². The van der Waals surface area contributed by atoms with Gasteiger partial charge in [-0.1, -0.05) is 29.4 Å². The number of benzene rings is 1. The lowest BCUT2D eigenvalue weighted by Gasteiger charge is -2.19. The normalized spacial score (nSPS) is 11.2. The van der Waals surface area contributed by atoms with Crippen molar-refractivity contribution in [3.63, 3.8) is 0 Å². The number of hydrogen-bond acceptors (Lipinski definition) is 6. The van der Waals surface area contributed by atoms with Crippen LogP contribution in [0.4, 0.5) is 0 Å². The summed E-state index contributed by atoms with van der Waals surface area (Å²) in [6.07, 6.45) is 7.56. The highest BCUT2D eigenvalue weighted by Gasteiger charge is 2.24. The van der Waals surface area contributed by atoms with E-state index in [1.54, 1.807) is 12.4 Å². The SMILES string of the molecule is Cc1noc(C)c1-c1cnc2c(-c3ccc(C#N)cc3)cn(C(c3ccccn3)c3ccccn3)c2c1. The number of aryl methyl sites for hydroxylation is 2. The molecule has 0 aliphatic carbocycles. The summed E-state index contributed by atoms with van der Waals surface area (Å²) in [7, 11) is 0. The van der Waals surface area contributed by atoms with Crippen LogP contribution in [-0.2, 0) is 0 Å². The van der Waals surface area contributed by atoms with E-state index in [9.17, 15) is 5.26 Å². The van der Waals surface area contributed by atoms with E-state index in [2.05, 4.69) is 28.1 Å². The molecule has 0 atom stereocenters. The van der Waals surface area contributed by atoms with E-state index >= 15 is 0 Å². The van der Waals surface area contributed by atoms with Gasteiger partial charge in [0, 0.05) is 41.5 Å². The predicted octanol–water partition coefficient (Wildman–Crippen LogP) is 6.27. The summed E-state index contributed by atoms with van der Waals surface area (Å²) in [5.74, 6) is 0.745. The van der Waals surface area contributed by atoms with Gasteiger partial charge in [0.25, 0.3) is 0 Å². The molecule has 0 amide bonds. The molecule has 6 aromatic rings. The fourth-order valence-electron chi connectivity index (χ4n) is 4.82. The van der Waals surface area contributed by atoms with Gasteiger partial charge in [0.15, 0.2) is 0 Å². The van der Waals surface area contributed by atoms with E-state index in [0.717, 1.165) is 56.1 Å². The molecule has 7 heteroatoms. The van der Waals surface area contributed by atoms with Crippen molar-refractivity contribution in [1.29, 1.82) is 5.26 Å². The standard InChI is InChI=1S/C30H22N6O/c1-19-28(20(2)37-35-19)23-15-27-29(34-17-23)24(22-11-9-21(16-31)10-12-22)18-36(27)30(25-7-3-5-13-32-25)26-8-4-6-14-33-26/h3-15,17-18,30H,1-2H3. The van der Waals surface area contributed by atoms with Crippen LogP contribution in [0.2, 0.25) is 0 Å². The first-order valence-corrected chi connectivity index (χ1v) is 11.9. The number of nitriles is 1. The molecule has 1 aromatic carbocycles. The molecule has 0 saturated heterocycles. The van der Waals surface area contributed by atoms with Crippen molar-refractivity contribution < 1.29 is 4.52 Å². The molecule has 178 valence electrons. The molecule has 0 aliphatic heterocycles. The Morgan fingerprint density at radius 1 is 0.865 bits per heavy atom. The minimum Gasteiger partial charge on any atom is -0.361 e. The van der Waals surface area contributed by atoms with Crippen LogP contribution in [0.3, 0.4) is 0 Å². The molecule has 7 nitrogen and oxygen atoms in total. The second-order valence-corrected chi connectivity index (χ2v) is 8.84. The highest BCUT2D eigenvalue weighted by atomic mass is 16.5. The van der Waals surface area contributed by atoms with Gasteiger partial charge in [0.2, 0.25) is 0 Å². The number of hydrogen-bond donors (Lipinski definition) is 0. The summed E-state index contributed by atoms with van der Waals surface area (Å²) < 4.78 is 7.63. The number of pyridine rings is 3. The van der Waals surface area contributed by atoms with Crippen molar-refractivity contribution in [2.45, 2.75) is 19.9 Å². The monoisotopic (exact) mass is 482 g/mol. The Labute approximate surface area is 213 Å². The highest BCUT2D eigenvalue weighted by molar-refractivity contribution is 5.95. The summed E-state index contributed by atoms with van der Waals surface area (Å²) in [4.78, 5) is 14.3. The zero-order valence-electron chi connectivity index (χ0n) is 20.3. The minimum absolute atomic E-state index is 0.279. The van der Waals surface area contributed by atoms with Crippen LogP contribution < -0.4 is 0 Å². The van der Waals surface area contributed by atoms with E-state index in [-0.39, 0.29) is 6.04 Å². The topological polar surface area (TPSA) is 93.4 Å². The van der Waals surface area contributed by atoms with Crippen LogP contribution in [0, 0.1) is 25.2 Å². The Bertz CT molecular complexity index is 1690. The Morgan fingerprint density at radius 2 is 1.57 bits per heavy atom. The minimum atomic E-state index is -0.279. The third-order valence-electron chi connectivity index (χ3n) is 6.53. The Morgan fingerprint density at radius 3 is 2.14 bits per heavy atom. The van der Waals surface area contributed by atoms with Crippen LogP contribution in [0.1, 0.15) is 34.4 Å². The van der Waals surface area contributed by atoms with Gasteiger partial charge < -0.3 is 9.09 Å². The Hall–Kier alpha value is -5.09. The summed E-state index contributed by atoms with van der Waals surface area (Å²) >= 11 is 0. The molecule has 0 N–H and O–H groups in total. The van der Waals surface area contributed by atoms with Crippen LogP contribution in [-0.4, -0.2) is 24.7 Å². The lowest BCUT2D eigenvalue weighted by atomic mass is 10.0. The van der Waals surface area contributed by atoms with Crippen molar-refractivity contribution in [3.05, 3.63) is 120 Å². The van der Waals surface area contributed by atoms with E-state index in [1.165, 1.54) is 0 Å². The second-order valence-electron chi connectivity index (χ2n) is 8.84. The molecular formula is C30H22N6O. The number of fused-ring (bicyclic) bond motifs is 1. The maximum Gasteiger partial charge on any atom is 0.141 e. The van der Waals surface area contributed by atoms with E-state index in [1.807, 2.05) is 80.7 Å². The van der Waals surface area contributed by atoms with Crippen molar-refractivity contribution in [1.82, 2.24) is 24.7 Å². The molecule has 5 aromatic heterocycles. The fraction of sp³-hybridized carbons (Fsp3) is 0.100. The predicted molar refractivity (Wildman–Crippen MR) is 141 cm³/mol. The Kier molecular flexibility index (Phi) is 5.55.